The smallest absolute Gasteiger partial charge is 0.282 e. The van der Waals surface area contributed by atoms with Gasteiger partial charge >= 0.3 is 0 Å². The number of aliphatic imine (C=N–C) groups is 1. The molecule has 7 heteroatoms. The Balaban J connectivity index is 1.88. The number of thioether (sulfide) groups is 1. The summed E-state index contributed by atoms with van der Waals surface area (Å²) in [5.41, 5.74) is 0.793. The van der Waals surface area contributed by atoms with Crippen molar-refractivity contribution in [1.82, 2.24) is 5.01 Å². The Kier molecular flexibility index (Phi) is 4.38. The maximum atomic E-state index is 13.0. The number of hydrogen-bond acceptors (Lipinski definition) is 4. The van der Waals surface area contributed by atoms with E-state index in [4.69, 9.17) is 5.41 Å². The number of halogens is 1. The minimum absolute atomic E-state index is 0.00308. The first-order valence-corrected chi connectivity index (χ1v) is 8.15. The molecule has 2 aliphatic rings. The molecular formula is C16H15FN4OS. The van der Waals surface area contributed by atoms with Crippen molar-refractivity contribution < 1.29 is 9.18 Å². The second kappa shape index (κ2) is 6.45. The second-order valence-electron chi connectivity index (χ2n) is 5.17. The number of nitrogens with zero attached hydrogens (tertiary/aromatic N) is 3. The molecule has 2 aliphatic heterocycles. The maximum Gasteiger partial charge on any atom is 0.283 e. The second-order valence-corrected chi connectivity index (χ2v) is 6.21. The van der Waals surface area contributed by atoms with Crippen LogP contribution in [0.1, 0.15) is 31.7 Å². The van der Waals surface area contributed by atoms with E-state index in [0.717, 1.165) is 24.3 Å². The number of benzene rings is 1. The fourth-order valence-corrected chi connectivity index (χ4v) is 3.11. The summed E-state index contributed by atoms with van der Waals surface area (Å²) in [6, 6.07) is 5.73. The van der Waals surface area contributed by atoms with Crippen molar-refractivity contribution in [2.24, 2.45) is 10.1 Å². The van der Waals surface area contributed by atoms with Gasteiger partial charge in [-0.15, -0.1) is 0 Å². The number of amides is 1. The minimum Gasteiger partial charge on any atom is -0.282 e. The quantitative estimate of drug-likeness (QED) is 0.857. The normalized spacial score (nSPS) is 19.0. The average molecular weight is 330 g/mol. The van der Waals surface area contributed by atoms with Gasteiger partial charge in [0.05, 0.1) is 5.57 Å². The van der Waals surface area contributed by atoms with Crippen LogP contribution in [0.15, 0.2) is 39.9 Å². The highest BCUT2D eigenvalue weighted by molar-refractivity contribution is 8.26. The van der Waals surface area contributed by atoms with E-state index in [2.05, 4.69) is 17.0 Å². The molecule has 118 valence electrons. The number of rotatable bonds is 4. The molecule has 0 fully saturated rings. The minimum atomic E-state index is -0.468. The number of nitrogens with one attached hydrogen (secondary N) is 1. The highest BCUT2D eigenvalue weighted by Crippen LogP contribution is 2.29. The summed E-state index contributed by atoms with van der Waals surface area (Å²) in [5, 5.41) is 15.3. The van der Waals surface area contributed by atoms with E-state index in [1.54, 1.807) is 12.1 Å². The number of hydrogen-bond donors (Lipinski definition) is 1. The number of hydrazone groups is 1. The summed E-state index contributed by atoms with van der Waals surface area (Å²) in [6.45, 7) is 2.10. The third kappa shape index (κ3) is 3.24. The molecule has 0 aliphatic carbocycles. The largest absolute Gasteiger partial charge is 0.283 e. The number of amidine groups is 2. The Bertz CT molecular complexity index is 752. The van der Waals surface area contributed by atoms with Crippen LogP contribution in [0.3, 0.4) is 0 Å². The van der Waals surface area contributed by atoms with Crippen LogP contribution in [0.4, 0.5) is 4.39 Å². The lowest BCUT2D eigenvalue weighted by Crippen LogP contribution is -2.35. The molecule has 0 saturated carbocycles. The van der Waals surface area contributed by atoms with Gasteiger partial charge in [-0.25, -0.2) is 4.39 Å². The Morgan fingerprint density at radius 3 is 2.78 bits per heavy atom. The van der Waals surface area contributed by atoms with Crippen molar-refractivity contribution in [3.63, 3.8) is 0 Å². The molecule has 0 bridgehead atoms. The van der Waals surface area contributed by atoms with Gasteiger partial charge in [-0.2, -0.15) is 15.1 Å². The third-order valence-corrected chi connectivity index (χ3v) is 4.39. The molecule has 0 radical (unpaired) electrons. The van der Waals surface area contributed by atoms with Crippen LogP contribution in [0.5, 0.6) is 0 Å². The molecule has 1 aromatic rings. The van der Waals surface area contributed by atoms with Crippen molar-refractivity contribution >= 4 is 39.8 Å². The molecule has 1 N–H and O–H groups in total. The number of carbonyl (C=O) groups excluding carboxylic acids is 1. The molecule has 0 unspecified atom stereocenters. The SMILES string of the molecule is CCCCC1=NN2C(=N)/C(=C/c3ccc(F)cc3)C(=O)N=C2S1. The first kappa shape index (κ1) is 15.6. The molecule has 1 aromatic carbocycles. The van der Waals surface area contributed by atoms with E-state index in [9.17, 15) is 9.18 Å². The van der Waals surface area contributed by atoms with Gasteiger partial charge in [0.25, 0.3) is 5.91 Å². The Hall–Kier alpha value is -2.28. The highest BCUT2D eigenvalue weighted by Gasteiger charge is 2.35. The summed E-state index contributed by atoms with van der Waals surface area (Å²) in [6.07, 6.45) is 4.41. The van der Waals surface area contributed by atoms with Gasteiger partial charge in [0, 0.05) is 0 Å². The zero-order valence-corrected chi connectivity index (χ0v) is 13.4. The predicted octanol–water partition coefficient (Wildman–Crippen LogP) is 3.64. The molecule has 2 heterocycles. The van der Waals surface area contributed by atoms with Crippen LogP contribution in [0.25, 0.3) is 6.08 Å². The lowest BCUT2D eigenvalue weighted by molar-refractivity contribution is -0.114. The van der Waals surface area contributed by atoms with Crippen molar-refractivity contribution in [3.8, 4) is 0 Å². The number of fused-ring (bicyclic) bond motifs is 1. The van der Waals surface area contributed by atoms with E-state index in [1.807, 2.05) is 0 Å². The van der Waals surface area contributed by atoms with Gasteiger partial charge in [-0.3, -0.25) is 10.2 Å². The Morgan fingerprint density at radius 2 is 2.09 bits per heavy atom. The molecule has 1 amide bonds. The monoisotopic (exact) mass is 330 g/mol. The fraction of sp³-hybridized carbons (Fsp3) is 0.250. The van der Waals surface area contributed by atoms with Crippen LogP contribution >= 0.6 is 11.8 Å². The van der Waals surface area contributed by atoms with Crippen LogP contribution < -0.4 is 0 Å². The highest BCUT2D eigenvalue weighted by atomic mass is 32.2. The summed E-state index contributed by atoms with van der Waals surface area (Å²) in [7, 11) is 0. The van der Waals surface area contributed by atoms with Gasteiger partial charge in [0.2, 0.25) is 5.17 Å². The van der Waals surface area contributed by atoms with Crippen LogP contribution in [0, 0.1) is 11.2 Å². The van der Waals surface area contributed by atoms with Crippen LogP contribution in [-0.2, 0) is 4.79 Å². The summed E-state index contributed by atoms with van der Waals surface area (Å²) < 4.78 is 13.0. The molecule has 0 spiro atoms. The van der Waals surface area contributed by atoms with Gasteiger partial charge in [0.15, 0.2) is 5.84 Å². The van der Waals surface area contributed by atoms with Crippen molar-refractivity contribution in [1.29, 1.82) is 5.41 Å². The standard InChI is InChI=1S/C16H15FN4OS/c1-2-3-4-13-20-21-14(18)12(15(22)19-16(21)23-13)9-10-5-7-11(17)8-6-10/h5-9,18H,2-4H2,1H3/b12-9-,18-14?. The van der Waals surface area contributed by atoms with Gasteiger partial charge in [-0.1, -0.05) is 25.5 Å². The number of carbonyl (C=O) groups is 1. The van der Waals surface area contributed by atoms with Gasteiger partial charge in [0.1, 0.15) is 10.9 Å². The zero-order chi connectivity index (χ0) is 16.4. The van der Waals surface area contributed by atoms with Gasteiger partial charge < -0.3 is 0 Å². The molecule has 0 aromatic heterocycles. The molecule has 0 atom stereocenters. The maximum absolute atomic E-state index is 13.0. The molecule has 3 rings (SSSR count). The van der Waals surface area contributed by atoms with Gasteiger partial charge in [-0.05, 0) is 48.4 Å². The summed E-state index contributed by atoms with van der Waals surface area (Å²) >= 11 is 1.34. The fourth-order valence-electron chi connectivity index (χ4n) is 2.19. The lowest BCUT2D eigenvalue weighted by atomic mass is 10.1. The Morgan fingerprint density at radius 1 is 1.35 bits per heavy atom. The Labute approximate surface area is 137 Å². The first-order chi connectivity index (χ1) is 11.1. The van der Waals surface area contributed by atoms with Crippen molar-refractivity contribution in [3.05, 3.63) is 41.2 Å². The molecule has 23 heavy (non-hydrogen) atoms. The van der Waals surface area contributed by atoms with Crippen LogP contribution in [0.2, 0.25) is 0 Å². The first-order valence-electron chi connectivity index (χ1n) is 7.33. The van der Waals surface area contributed by atoms with Crippen molar-refractivity contribution in [2.75, 3.05) is 0 Å². The van der Waals surface area contributed by atoms with E-state index in [1.165, 1.54) is 35.0 Å². The van der Waals surface area contributed by atoms with E-state index in [0.29, 0.717) is 10.7 Å². The lowest BCUT2D eigenvalue weighted by Gasteiger charge is -2.20. The number of unbranched alkanes of at least 4 members (excludes halogenated alkanes) is 1. The van der Waals surface area contributed by atoms with Crippen molar-refractivity contribution in [2.45, 2.75) is 26.2 Å². The van der Waals surface area contributed by atoms with E-state index in [-0.39, 0.29) is 17.2 Å². The zero-order valence-electron chi connectivity index (χ0n) is 12.5. The summed E-state index contributed by atoms with van der Waals surface area (Å²) in [5.74, 6) is -0.813. The van der Waals surface area contributed by atoms with E-state index < -0.39 is 5.91 Å². The molecule has 0 saturated heterocycles. The molecular weight excluding hydrogens is 315 g/mol. The van der Waals surface area contributed by atoms with E-state index >= 15 is 0 Å². The third-order valence-electron chi connectivity index (χ3n) is 3.42. The molecule has 5 nitrogen and oxygen atoms in total. The average Bonchev–Trinajstić information content (AvgIpc) is 2.94. The predicted molar refractivity (Wildman–Crippen MR) is 90.9 cm³/mol. The topological polar surface area (TPSA) is 68.9 Å². The van der Waals surface area contributed by atoms with Crippen LogP contribution in [-0.4, -0.2) is 27.0 Å². The summed E-state index contributed by atoms with van der Waals surface area (Å²) in [4.78, 5) is 16.2.